The van der Waals surface area contributed by atoms with Gasteiger partial charge in [-0.3, -0.25) is 4.79 Å². The third kappa shape index (κ3) is 4.80. The first kappa shape index (κ1) is 18.4. The number of likely N-dealkylation sites (tertiary alicyclic amines) is 1. The second-order valence-electron chi connectivity index (χ2n) is 6.70. The highest BCUT2D eigenvalue weighted by molar-refractivity contribution is 7.89. The summed E-state index contributed by atoms with van der Waals surface area (Å²) in [6, 6.07) is 6.20. The molecule has 2 aliphatic heterocycles. The SMILES string of the molecule is O=C(c1ccc(S(=O)(=O)NCCC2CCCCO2)cc1)N1CCCC1. The van der Waals surface area contributed by atoms with Crippen LogP contribution in [0, 0.1) is 0 Å². The smallest absolute Gasteiger partial charge is 0.253 e. The molecule has 138 valence electrons. The topological polar surface area (TPSA) is 75.7 Å². The molecule has 2 aliphatic rings. The molecular weight excluding hydrogens is 340 g/mol. The average molecular weight is 366 g/mol. The number of amides is 1. The molecule has 1 unspecified atom stereocenters. The molecule has 7 heteroatoms. The second kappa shape index (κ2) is 8.29. The van der Waals surface area contributed by atoms with E-state index in [2.05, 4.69) is 4.72 Å². The van der Waals surface area contributed by atoms with Crippen molar-refractivity contribution in [2.75, 3.05) is 26.2 Å². The summed E-state index contributed by atoms with van der Waals surface area (Å²) < 4.78 is 33.0. The second-order valence-corrected chi connectivity index (χ2v) is 8.47. The molecule has 2 heterocycles. The van der Waals surface area contributed by atoms with Gasteiger partial charge in [0.2, 0.25) is 10.0 Å². The van der Waals surface area contributed by atoms with Crippen molar-refractivity contribution in [1.82, 2.24) is 9.62 Å². The van der Waals surface area contributed by atoms with E-state index in [1.54, 1.807) is 12.1 Å². The largest absolute Gasteiger partial charge is 0.378 e. The van der Waals surface area contributed by atoms with Gasteiger partial charge in [-0.2, -0.15) is 0 Å². The Balaban J connectivity index is 1.55. The van der Waals surface area contributed by atoms with E-state index in [4.69, 9.17) is 4.74 Å². The molecule has 0 aromatic heterocycles. The van der Waals surface area contributed by atoms with E-state index >= 15 is 0 Å². The lowest BCUT2D eigenvalue weighted by Crippen LogP contribution is -2.30. The number of benzene rings is 1. The summed E-state index contributed by atoms with van der Waals surface area (Å²) in [5, 5.41) is 0. The first-order valence-electron chi connectivity index (χ1n) is 9.07. The van der Waals surface area contributed by atoms with Crippen molar-refractivity contribution >= 4 is 15.9 Å². The zero-order chi connectivity index (χ0) is 17.7. The summed E-state index contributed by atoms with van der Waals surface area (Å²) in [6.07, 6.45) is 6.13. The monoisotopic (exact) mass is 366 g/mol. The number of nitrogens with zero attached hydrogens (tertiary/aromatic N) is 1. The van der Waals surface area contributed by atoms with Crippen molar-refractivity contribution in [3.8, 4) is 0 Å². The van der Waals surface area contributed by atoms with Gasteiger partial charge >= 0.3 is 0 Å². The molecule has 0 bridgehead atoms. The fraction of sp³-hybridized carbons (Fsp3) is 0.611. The molecule has 0 radical (unpaired) electrons. The van der Waals surface area contributed by atoms with E-state index in [0.29, 0.717) is 18.5 Å². The highest BCUT2D eigenvalue weighted by Gasteiger charge is 2.21. The van der Waals surface area contributed by atoms with Gasteiger partial charge in [-0.05, 0) is 62.8 Å². The van der Waals surface area contributed by atoms with Crippen molar-refractivity contribution in [1.29, 1.82) is 0 Å². The summed E-state index contributed by atoms with van der Waals surface area (Å²) in [4.78, 5) is 14.3. The van der Waals surface area contributed by atoms with Crippen LogP contribution in [0.2, 0.25) is 0 Å². The Bertz CT molecular complexity index is 676. The van der Waals surface area contributed by atoms with Crippen LogP contribution in [-0.2, 0) is 14.8 Å². The minimum absolute atomic E-state index is 0.0242. The molecule has 1 aromatic carbocycles. The lowest BCUT2D eigenvalue weighted by Gasteiger charge is -2.22. The summed E-state index contributed by atoms with van der Waals surface area (Å²) >= 11 is 0. The molecule has 2 saturated heterocycles. The number of ether oxygens (including phenoxy) is 1. The maximum Gasteiger partial charge on any atom is 0.253 e. The highest BCUT2D eigenvalue weighted by atomic mass is 32.2. The van der Waals surface area contributed by atoms with Crippen LogP contribution in [-0.4, -0.2) is 51.6 Å². The van der Waals surface area contributed by atoms with E-state index in [9.17, 15) is 13.2 Å². The molecular formula is C18H26N2O4S. The molecule has 1 aromatic rings. The Morgan fingerprint density at radius 1 is 1.12 bits per heavy atom. The molecule has 25 heavy (non-hydrogen) atoms. The van der Waals surface area contributed by atoms with Crippen LogP contribution < -0.4 is 4.72 Å². The van der Waals surface area contributed by atoms with E-state index in [0.717, 1.165) is 51.8 Å². The highest BCUT2D eigenvalue weighted by Crippen LogP contribution is 2.17. The van der Waals surface area contributed by atoms with Crippen LogP contribution in [0.5, 0.6) is 0 Å². The Morgan fingerprint density at radius 2 is 1.84 bits per heavy atom. The molecule has 1 N–H and O–H groups in total. The number of carbonyl (C=O) groups excluding carboxylic acids is 1. The number of rotatable bonds is 6. The standard InChI is InChI=1S/C18H26N2O4S/c21-18(20-12-2-3-13-20)15-6-8-17(9-7-15)25(22,23)19-11-10-16-5-1-4-14-24-16/h6-9,16,19H,1-5,10-14H2. The van der Waals surface area contributed by atoms with Gasteiger partial charge in [0.15, 0.2) is 0 Å². The quantitative estimate of drug-likeness (QED) is 0.837. The van der Waals surface area contributed by atoms with E-state index in [-0.39, 0.29) is 16.9 Å². The first-order valence-corrected chi connectivity index (χ1v) is 10.6. The fourth-order valence-electron chi connectivity index (χ4n) is 3.35. The van der Waals surface area contributed by atoms with Crippen LogP contribution in [0.1, 0.15) is 48.9 Å². The van der Waals surface area contributed by atoms with Crippen LogP contribution in [0.15, 0.2) is 29.2 Å². The van der Waals surface area contributed by atoms with Gasteiger partial charge in [-0.25, -0.2) is 13.1 Å². The van der Waals surface area contributed by atoms with Gasteiger partial charge in [0.1, 0.15) is 0 Å². The normalized spacial score (nSPS) is 21.4. The van der Waals surface area contributed by atoms with Crippen LogP contribution in [0.4, 0.5) is 0 Å². The lowest BCUT2D eigenvalue weighted by atomic mass is 10.1. The summed E-state index contributed by atoms with van der Waals surface area (Å²) in [5.41, 5.74) is 0.538. The number of nitrogens with one attached hydrogen (secondary N) is 1. The minimum Gasteiger partial charge on any atom is -0.378 e. The van der Waals surface area contributed by atoms with Crippen molar-refractivity contribution in [3.05, 3.63) is 29.8 Å². The minimum atomic E-state index is -3.55. The maximum absolute atomic E-state index is 12.4. The van der Waals surface area contributed by atoms with Crippen LogP contribution >= 0.6 is 0 Å². The number of hydrogen-bond acceptors (Lipinski definition) is 4. The lowest BCUT2D eigenvalue weighted by molar-refractivity contribution is 0.0123. The molecule has 3 rings (SSSR count). The third-order valence-electron chi connectivity index (χ3n) is 4.84. The van der Waals surface area contributed by atoms with E-state index in [1.165, 1.54) is 12.1 Å². The molecule has 0 spiro atoms. The van der Waals surface area contributed by atoms with Crippen molar-refractivity contribution in [3.63, 3.8) is 0 Å². The summed E-state index contributed by atoms with van der Waals surface area (Å²) in [6.45, 7) is 2.69. The Morgan fingerprint density at radius 3 is 2.48 bits per heavy atom. The molecule has 1 atom stereocenters. The zero-order valence-electron chi connectivity index (χ0n) is 14.4. The number of carbonyl (C=O) groups is 1. The van der Waals surface area contributed by atoms with Gasteiger partial charge < -0.3 is 9.64 Å². The summed E-state index contributed by atoms with van der Waals surface area (Å²) in [5.74, 6) is -0.0242. The maximum atomic E-state index is 12.4. The first-order chi connectivity index (χ1) is 12.1. The molecule has 0 saturated carbocycles. The van der Waals surface area contributed by atoms with Gasteiger partial charge in [0, 0.05) is 31.8 Å². The van der Waals surface area contributed by atoms with Crippen LogP contribution in [0.25, 0.3) is 0 Å². The van der Waals surface area contributed by atoms with Crippen LogP contribution in [0.3, 0.4) is 0 Å². The van der Waals surface area contributed by atoms with E-state index < -0.39 is 10.0 Å². The van der Waals surface area contributed by atoms with Gasteiger partial charge in [-0.1, -0.05) is 0 Å². The fourth-order valence-corrected chi connectivity index (χ4v) is 4.40. The van der Waals surface area contributed by atoms with Crippen molar-refractivity contribution in [2.24, 2.45) is 0 Å². The Hall–Kier alpha value is -1.44. The van der Waals surface area contributed by atoms with Gasteiger partial charge in [0.25, 0.3) is 5.91 Å². The van der Waals surface area contributed by atoms with Gasteiger partial charge in [0.05, 0.1) is 11.0 Å². The number of hydrogen-bond donors (Lipinski definition) is 1. The predicted molar refractivity (Wildman–Crippen MR) is 95.0 cm³/mol. The summed E-state index contributed by atoms with van der Waals surface area (Å²) in [7, 11) is -3.55. The van der Waals surface area contributed by atoms with Gasteiger partial charge in [-0.15, -0.1) is 0 Å². The predicted octanol–water partition coefficient (Wildman–Crippen LogP) is 2.16. The molecule has 0 aliphatic carbocycles. The molecule has 1 amide bonds. The molecule has 2 fully saturated rings. The average Bonchev–Trinajstić information content (AvgIpc) is 3.17. The Kier molecular flexibility index (Phi) is 6.09. The van der Waals surface area contributed by atoms with Crippen molar-refractivity contribution < 1.29 is 17.9 Å². The zero-order valence-corrected chi connectivity index (χ0v) is 15.3. The van der Waals surface area contributed by atoms with Crippen molar-refractivity contribution in [2.45, 2.75) is 49.5 Å². The number of sulfonamides is 1. The Labute approximate surface area is 149 Å². The van der Waals surface area contributed by atoms with E-state index in [1.807, 2.05) is 4.90 Å². The molecule has 6 nitrogen and oxygen atoms in total. The third-order valence-corrected chi connectivity index (χ3v) is 6.31.